The lowest BCUT2D eigenvalue weighted by atomic mass is 10.0. The number of nitrogens with one attached hydrogen (secondary N) is 1. The normalized spacial score (nSPS) is 20.0. The van der Waals surface area contributed by atoms with Crippen LogP contribution in [-0.4, -0.2) is 67.0 Å². The summed E-state index contributed by atoms with van der Waals surface area (Å²) >= 11 is 0. The summed E-state index contributed by atoms with van der Waals surface area (Å²) in [6, 6.07) is 9.75. The SMILES string of the molecule is Cc1ncc(NC(=O)c2ccnc(C3CC3)c2)cc1-c1cc(C2COCCO2)nc(N2CCOCC2)c1. The van der Waals surface area contributed by atoms with Gasteiger partial charge in [-0.25, -0.2) is 4.98 Å². The number of carbonyl (C=O) groups is 1. The Morgan fingerprint density at radius 3 is 2.65 bits per heavy atom. The molecular formula is C28H31N5O4. The molecule has 0 aromatic carbocycles. The fourth-order valence-corrected chi connectivity index (χ4v) is 4.76. The van der Waals surface area contributed by atoms with Crippen LogP contribution in [0.3, 0.4) is 0 Å². The van der Waals surface area contributed by atoms with Crippen molar-refractivity contribution in [2.24, 2.45) is 0 Å². The summed E-state index contributed by atoms with van der Waals surface area (Å²) < 4.78 is 17.2. The number of anilines is 2. The Balaban J connectivity index is 1.31. The molecule has 2 saturated heterocycles. The molecule has 9 heteroatoms. The third kappa shape index (κ3) is 5.49. The lowest BCUT2D eigenvalue weighted by Crippen LogP contribution is -2.37. The third-order valence-electron chi connectivity index (χ3n) is 7.01. The Morgan fingerprint density at radius 1 is 1.00 bits per heavy atom. The number of amides is 1. The van der Waals surface area contributed by atoms with E-state index in [2.05, 4.69) is 26.3 Å². The van der Waals surface area contributed by atoms with Crippen LogP contribution in [0.5, 0.6) is 0 Å². The van der Waals surface area contributed by atoms with Gasteiger partial charge >= 0.3 is 0 Å². The molecule has 3 fully saturated rings. The van der Waals surface area contributed by atoms with Crippen LogP contribution in [-0.2, 0) is 14.2 Å². The van der Waals surface area contributed by atoms with Crippen LogP contribution in [0.2, 0.25) is 0 Å². The molecule has 1 unspecified atom stereocenters. The number of ether oxygens (including phenoxy) is 3. The molecule has 0 spiro atoms. The Hall–Kier alpha value is -3.40. The van der Waals surface area contributed by atoms with E-state index in [-0.39, 0.29) is 12.0 Å². The van der Waals surface area contributed by atoms with E-state index in [0.717, 1.165) is 60.0 Å². The van der Waals surface area contributed by atoms with Crippen LogP contribution in [0.1, 0.15) is 52.3 Å². The van der Waals surface area contributed by atoms with Gasteiger partial charge in [-0.3, -0.25) is 14.8 Å². The molecule has 0 bridgehead atoms. The zero-order valence-electron chi connectivity index (χ0n) is 21.0. The number of nitrogens with zero attached hydrogens (tertiary/aromatic N) is 4. The van der Waals surface area contributed by atoms with E-state index in [4.69, 9.17) is 19.2 Å². The van der Waals surface area contributed by atoms with Gasteiger partial charge in [-0.2, -0.15) is 0 Å². The summed E-state index contributed by atoms with van der Waals surface area (Å²) in [7, 11) is 0. The predicted molar refractivity (Wildman–Crippen MR) is 139 cm³/mol. The maximum atomic E-state index is 13.0. The van der Waals surface area contributed by atoms with Crippen molar-refractivity contribution >= 4 is 17.4 Å². The van der Waals surface area contributed by atoms with Crippen molar-refractivity contribution < 1.29 is 19.0 Å². The Bertz CT molecular complexity index is 1250. The van der Waals surface area contributed by atoms with Gasteiger partial charge in [0.1, 0.15) is 11.9 Å². The molecule has 1 atom stereocenters. The van der Waals surface area contributed by atoms with Crippen LogP contribution in [0.25, 0.3) is 11.1 Å². The largest absolute Gasteiger partial charge is 0.378 e. The van der Waals surface area contributed by atoms with Crippen LogP contribution in [0, 0.1) is 6.92 Å². The first kappa shape index (κ1) is 24.0. The molecule has 1 saturated carbocycles. The molecule has 1 amide bonds. The maximum absolute atomic E-state index is 13.0. The highest BCUT2D eigenvalue weighted by Crippen LogP contribution is 2.39. The minimum Gasteiger partial charge on any atom is -0.378 e. The standard InChI is InChI=1S/C28H31N5O4/c1-18-23(15-22(16-30-18)31-28(34)20-4-5-29-24(12-20)19-2-3-19)21-13-25(26-17-36-10-11-37-26)32-27(14-21)33-6-8-35-9-7-33/h4-5,12-16,19,26H,2-3,6-11,17H2,1H3,(H,31,34). The summed E-state index contributed by atoms with van der Waals surface area (Å²) in [6.45, 7) is 6.48. The van der Waals surface area contributed by atoms with Crippen LogP contribution in [0.15, 0.2) is 42.7 Å². The van der Waals surface area contributed by atoms with Gasteiger partial charge in [0.2, 0.25) is 0 Å². The molecule has 37 heavy (non-hydrogen) atoms. The van der Waals surface area contributed by atoms with E-state index in [9.17, 15) is 4.79 Å². The monoisotopic (exact) mass is 501 g/mol. The third-order valence-corrected chi connectivity index (χ3v) is 7.01. The highest BCUT2D eigenvalue weighted by atomic mass is 16.6. The average molecular weight is 502 g/mol. The van der Waals surface area contributed by atoms with E-state index in [1.807, 2.05) is 25.1 Å². The van der Waals surface area contributed by atoms with Crippen molar-refractivity contribution in [3.05, 3.63) is 65.4 Å². The number of carbonyl (C=O) groups excluding carboxylic acids is 1. The summed E-state index contributed by atoms with van der Waals surface area (Å²) in [5, 5.41) is 3.02. The first-order valence-electron chi connectivity index (χ1n) is 12.9. The summed E-state index contributed by atoms with van der Waals surface area (Å²) in [6.07, 6.45) is 5.47. The molecule has 3 aliphatic rings. The number of hydrogen-bond acceptors (Lipinski definition) is 8. The Kier molecular flexibility index (Phi) is 6.82. The van der Waals surface area contributed by atoms with Gasteiger partial charge in [0, 0.05) is 47.7 Å². The van der Waals surface area contributed by atoms with Crippen molar-refractivity contribution in [2.45, 2.75) is 31.8 Å². The number of rotatable bonds is 6. The average Bonchev–Trinajstić information content (AvgIpc) is 3.81. The van der Waals surface area contributed by atoms with Crippen molar-refractivity contribution in [1.29, 1.82) is 0 Å². The van der Waals surface area contributed by atoms with E-state index in [1.54, 1.807) is 18.5 Å². The maximum Gasteiger partial charge on any atom is 0.255 e. The van der Waals surface area contributed by atoms with E-state index < -0.39 is 0 Å². The molecule has 5 heterocycles. The second-order valence-electron chi connectivity index (χ2n) is 9.73. The zero-order valence-corrected chi connectivity index (χ0v) is 21.0. The van der Waals surface area contributed by atoms with Crippen LogP contribution in [0.4, 0.5) is 11.5 Å². The number of aromatic nitrogens is 3. The minimum atomic E-state index is -0.225. The Morgan fingerprint density at radius 2 is 1.86 bits per heavy atom. The fraction of sp³-hybridized carbons (Fsp3) is 0.429. The van der Waals surface area contributed by atoms with E-state index >= 15 is 0 Å². The quantitative estimate of drug-likeness (QED) is 0.543. The van der Waals surface area contributed by atoms with E-state index in [0.29, 0.717) is 50.2 Å². The summed E-state index contributed by atoms with van der Waals surface area (Å²) in [4.78, 5) is 29.2. The van der Waals surface area contributed by atoms with Crippen molar-refractivity contribution in [2.75, 3.05) is 56.3 Å². The van der Waals surface area contributed by atoms with Crippen LogP contribution < -0.4 is 10.2 Å². The van der Waals surface area contributed by atoms with Crippen LogP contribution >= 0.6 is 0 Å². The zero-order chi connectivity index (χ0) is 25.2. The predicted octanol–water partition coefficient (Wildman–Crippen LogP) is 3.90. The van der Waals surface area contributed by atoms with E-state index in [1.165, 1.54) is 0 Å². The van der Waals surface area contributed by atoms with Crippen molar-refractivity contribution in [1.82, 2.24) is 15.0 Å². The van der Waals surface area contributed by atoms with Gasteiger partial charge in [-0.1, -0.05) is 0 Å². The summed E-state index contributed by atoms with van der Waals surface area (Å²) in [5.74, 6) is 1.20. The lowest BCUT2D eigenvalue weighted by molar-refractivity contribution is -0.0917. The molecule has 1 aliphatic carbocycles. The molecule has 0 radical (unpaired) electrons. The molecular weight excluding hydrogens is 470 g/mol. The molecule has 1 N–H and O–H groups in total. The van der Waals surface area contributed by atoms with Gasteiger partial charge < -0.3 is 24.4 Å². The minimum absolute atomic E-state index is 0.168. The molecule has 9 nitrogen and oxygen atoms in total. The lowest BCUT2D eigenvalue weighted by Gasteiger charge is -2.30. The van der Waals surface area contributed by atoms with Crippen molar-refractivity contribution in [3.63, 3.8) is 0 Å². The number of morpholine rings is 1. The molecule has 3 aromatic heterocycles. The number of aryl methyl sites for hydroxylation is 1. The second-order valence-corrected chi connectivity index (χ2v) is 9.73. The smallest absolute Gasteiger partial charge is 0.255 e. The molecule has 2 aliphatic heterocycles. The first-order valence-corrected chi connectivity index (χ1v) is 12.9. The van der Waals surface area contributed by atoms with Gasteiger partial charge in [0.05, 0.1) is 50.6 Å². The van der Waals surface area contributed by atoms with Gasteiger partial charge in [0.25, 0.3) is 5.91 Å². The first-order chi connectivity index (χ1) is 18.1. The van der Waals surface area contributed by atoms with Gasteiger partial charge in [0.15, 0.2) is 0 Å². The molecule has 6 rings (SSSR count). The number of pyridine rings is 3. The summed E-state index contributed by atoms with van der Waals surface area (Å²) in [5.41, 5.74) is 5.83. The topological polar surface area (TPSA) is 98.7 Å². The van der Waals surface area contributed by atoms with Crippen molar-refractivity contribution in [3.8, 4) is 11.1 Å². The van der Waals surface area contributed by atoms with Gasteiger partial charge in [-0.05, 0) is 55.7 Å². The highest BCUT2D eigenvalue weighted by molar-refractivity contribution is 6.04. The Labute approximate surface area is 216 Å². The second kappa shape index (κ2) is 10.5. The number of hydrogen-bond donors (Lipinski definition) is 1. The highest BCUT2D eigenvalue weighted by Gasteiger charge is 2.26. The van der Waals surface area contributed by atoms with Gasteiger partial charge in [-0.15, -0.1) is 0 Å². The molecule has 192 valence electrons. The molecule has 3 aromatic rings. The fourth-order valence-electron chi connectivity index (χ4n) is 4.76.